The number of hydrogen-bond acceptors (Lipinski definition) is 4. The molecule has 0 amide bonds. The third-order valence-electron chi connectivity index (χ3n) is 3.04. The van der Waals surface area contributed by atoms with Crippen molar-refractivity contribution < 1.29 is 8.42 Å². The molecule has 0 radical (unpaired) electrons. The van der Waals surface area contributed by atoms with E-state index in [2.05, 4.69) is 15.0 Å². The van der Waals surface area contributed by atoms with E-state index in [0.717, 1.165) is 5.56 Å². The van der Waals surface area contributed by atoms with Gasteiger partial charge in [0.25, 0.3) is 0 Å². The maximum absolute atomic E-state index is 12.1. The average molecular weight is 333 g/mol. The van der Waals surface area contributed by atoms with Gasteiger partial charge in [-0.25, -0.2) is 13.4 Å². The van der Waals surface area contributed by atoms with Gasteiger partial charge >= 0.3 is 0 Å². The van der Waals surface area contributed by atoms with Crippen LogP contribution < -0.4 is 10.0 Å². The van der Waals surface area contributed by atoms with Crippen LogP contribution in [0.4, 0.5) is 11.5 Å². The van der Waals surface area contributed by atoms with Crippen molar-refractivity contribution in [3.8, 4) is 0 Å². The summed E-state index contributed by atoms with van der Waals surface area (Å²) in [7, 11) is -3.39. The second-order valence-electron chi connectivity index (χ2n) is 6.46. The maximum atomic E-state index is 12.1. The molecule has 2 rings (SSSR count). The van der Waals surface area contributed by atoms with E-state index in [1.807, 2.05) is 51.1 Å². The third-order valence-corrected chi connectivity index (χ3v) is 4.33. The molecule has 0 bridgehead atoms. The van der Waals surface area contributed by atoms with Crippen LogP contribution in [0.3, 0.4) is 0 Å². The fraction of sp³-hybridized carbons (Fsp3) is 0.353. The van der Waals surface area contributed by atoms with Gasteiger partial charge in [0.2, 0.25) is 10.0 Å². The van der Waals surface area contributed by atoms with Crippen molar-refractivity contribution in [3.05, 3.63) is 54.2 Å². The van der Waals surface area contributed by atoms with Crippen LogP contribution in [0.2, 0.25) is 0 Å². The van der Waals surface area contributed by atoms with Gasteiger partial charge < -0.3 is 5.32 Å². The van der Waals surface area contributed by atoms with Gasteiger partial charge in [0, 0.05) is 5.54 Å². The molecule has 0 atom stereocenters. The zero-order chi connectivity index (χ0) is 16.9. The van der Waals surface area contributed by atoms with Gasteiger partial charge in [-0.05, 0) is 44.9 Å². The molecule has 5 nitrogen and oxygen atoms in total. The van der Waals surface area contributed by atoms with Crippen molar-refractivity contribution in [2.45, 2.75) is 32.7 Å². The van der Waals surface area contributed by atoms with E-state index in [0.29, 0.717) is 17.9 Å². The second-order valence-corrected chi connectivity index (χ2v) is 8.31. The summed E-state index contributed by atoms with van der Waals surface area (Å²) in [6.07, 6.45) is 2.00. The molecule has 0 saturated carbocycles. The van der Waals surface area contributed by atoms with Crippen LogP contribution >= 0.6 is 0 Å². The second kappa shape index (κ2) is 7.00. The summed E-state index contributed by atoms with van der Waals surface area (Å²) in [6.45, 7) is 6.11. The summed E-state index contributed by atoms with van der Waals surface area (Å²) in [6, 6.07) is 13.0. The highest BCUT2D eigenvalue weighted by atomic mass is 32.2. The summed E-state index contributed by atoms with van der Waals surface area (Å²) in [5.41, 5.74) is 1.38. The van der Waals surface area contributed by atoms with Gasteiger partial charge in [-0.2, -0.15) is 0 Å². The highest BCUT2D eigenvalue weighted by Gasteiger charge is 2.12. The number of rotatable bonds is 6. The first kappa shape index (κ1) is 17.3. The first-order valence-corrected chi connectivity index (χ1v) is 9.17. The van der Waals surface area contributed by atoms with E-state index in [4.69, 9.17) is 0 Å². The Morgan fingerprint density at radius 2 is 1.74 bits per heavy atom. The molecular formula is C17H23N3O2S. The Hall–Kier alpha value is -2.08. The topological polar surface area (TPSA) is 71.1 Å². The van der Waals surface area contributed by atoms with E-state index in [1.165, 1.54) is 6.20 Å². The zero-order valence-electron chi connectivity index (χ0n) is 13.7. The molecule has 23 heavy (non-hydrogen) atoms. The Morgan fingerprint density at radius 3 is 2.30 bits per heavy atom. The normalized spacial score (nSPS) is 12.0. The molecule has 0 aliphatic heterocycles. The molecule has 0 unspecified atom stereocenters. The number of hydrogen-bond donors (Lipinski definition) is 2. The highest BCUT2D eigenvalue weighted by molar-refractivity contribution is 7.92. The molecular weight excluding hydrogens is 310 g/mol. The van der Waals surface area contributed by atoms with Gasteiger partial charge in [-0.15, -0.1) is 0 Å². The molecule has 1 aromatic carbocycles. The summed E-state index contributed by atoms with van der Waals surface area (Å²) in [5.74, 6) is 0.753. The Bertz CT molecular complexity index is 721. The van der Waals surface area contributed by atoms with Crippen LogP contribution in [-0.4, -0.2) is 24.7 Å². The van der Waals surface area contributed by atoms with Crippen LogP contribution in [0, 0.1) is 0 Å². The standard InChI is InChI=1S/C17H23N3O2S/c1-17(2,3)19-16-10-9-15(13-18-16)20-23(21,22)12-11-14-7-5-4-6-8-14/h4-10,13,20H,11-12H2,1-3H3,(H,18,19). The Kier molecular flexibility index (Phi) is 5.26. The predicted molar refractivity (Wildman–Crippen MR) is 95.2 cm³/mol. The first-order chi connectivity index (χ1) is 10.7. The Balaban J connectivity index is 1.95. The Morgan fingerprint density at radius 1 is 1.04 bits per heavy atom. The molecule has 2 aromatic rings. The number of pyridine rings is 1. The SMILES string of the molecule is CC(C)(C)Nc1ccc(NS(=O)(=O)CCc2ccccc2)cn1. The summed E-state index contributed by atoms with van der Waals surface area (Å²) in [4.78, 5) is 4.23. The molecule has 6 heteroatoms. The van der Waals surface area contributed by atoms with Gasteiger partial charge in [0.1, 0.15) is 5.82 Å². The number of aryl methyl sites for hydroxylation is 1. The molecule has 1 aromatic heterocycles. The molecule has 124 valence electrons. The minimum Gasteiger partial charge on any atom is -0.365 e. The summed E-state index contributed by atoms with van der Waals surface area (Å²) in [5, 5.41) is 3.23. The summed E-state index contributed by atoms with van der Waals surface area (Å²) < 4.78 is 26.8. The van der Waals surface area contributed by atoms with E-state index in [9.17, 15) is 8.42 Å². The molecule has 0 fully saturated rings. The van der Waals surface area contributed by atoms with Crippen LogP contribution in [0.1, 0.15) is 26.3 Å². The van der Waals surface area contributed by atoms with Gasteiger partial charge in [0.15, 0.2) is 0 Å². The monoisotopic (exact) mass is 333 g/mol. The quantitative estimate of drug-likeness (QED) is 0.851. The smallest absolute Gasteiger partial charge is 0.233 e. The van der Waals surface area contributed by atoms with Crippen LogP contribution in [-0.2, 0) is 16.4 Å². The molecule has 0 aliphatic rings. The largest absolute Gasteiger partial charge is 0.365 e. The van der Waals surface area contributed by atoms with E-state index in [-0.39, 0.29) is 11.3 Å². The van der Waals surface area contributed by atoms with Gasteiger partial charge in [-0.3, -0.25) is 4.72 Å². The van der Waals surface area contributed by atoms with Crippen LogP contribution in [0.5, 0.6) is 0 Å². The number of aromatic nitrogens is 1. The molecule has 0 spiro atoms. The molecule has 0 aliphatic carbocycles. The lowest BCUT2D eigenvalue weighted by Crippen LogP contribution is -2.26. The minimum absolute atomic E-state index is 0.0407. The Labute approximate surface area is 138 Å². The summed E-state index contributed by atoms with van der Waals surface area (Å²) >= 11 is 0. The molecule has 1 heterocycles. The minimum atomic E-state index is -3.39. The number of nitrogens with one attached hydrogen (secondary N) is 2. The average Bonchev–Trinajstić information content (AvgIpc) is 2.47. The van der Waals surface area contributed by atoms with Crippen LogP contribution in [0.25, 0.3) is 0 Å². The van der Waals surface area contributed by atoms with Crippen molar-refractivity contribution in [1.82, 2.24) is 4.98 Å². The van der Waals surface area contributed by atoms with Gasteiger partial charge in [0.05, 0.1) is 17.6 Å². The number of anilines is 2. The predicted octanol–water partition coefficient (Wildman–Crippen LogP) is 3.28. The van der Waals surface area contributed by atoms with Crippen molar-refractivity contribution in [3.63, 3.8) is 0 Å². The third kappa shape index (κ3) is 6.28. The first-order valence-electron chi connectivity index (χ1n) is 7.52. The van der Waals surface area contributed by atoms with E-state index >= 15 is 0 Å². The lowest BCUT2D eigenvalue weighted by Gasteiger charge is -2.21. The lowest BCUT2D eigenvalue weighted by molar-refractivity contribution is 0.600. The lowest BCUT2D eigenvalue weighted by atomic mass is 10.1. The highest BCUT2D eigenvalue weighted by Crippen LogP contribution is 2.15. The number of sulfonamides is 1. The fourth-order valence-electron chi connectivity index (χ4n) is 2.04. The van der Waals surface area contributed by atoms with Crippen molar-refractivity contribution >= 4 is 21.5 Å². The van der Waals surface area contributed by atoms with E-state index < -0.39 is 10.0 Å². The van der Waals surface area contributed by atoms with E-state index in [1.54, 1.807) is 12.1 Å². The van der Waals surface area contributed by atoms with Crippen molar-refractivity contribution in [2.24, 2.45) is 0 Å². The number of nitrogens with zero attached hydrogens (tertiary/aromatic N) is 1. The molecule has 0 saturated heterocycles. The van der Waals surface area contributed by atoms with Crippen molar-refractivity contribution in [2.75, 3.05) is 15.8 Å². The van der Waals surface area contributed by atoms with Gasteiger partial charge in [-0.1, -0.05) is 30.3 Å². The fourth-order valence-corrected chi connectivity index (χ4v) is 3.13. The maximum Gasteiger partial charge on any atom is 0.233 e. The van der Waals surface area contributed by atoms with Crippen molar-refractivity contribution in [1.29, 1.82) is 0 Å². The van der Waals surface area contributed by atoms with Crippen LogP contribution in [0.15, 0.2) is 48.7 Å². The number of benzene rings is 1. The molecule has 2 N–H and O–H groups in total. The zero-order valence-corrected chi connectivity index (χ0v) is 14.5.